The zero-order valence-corrected chi connectivity index (χ0v) is 9.87. The van der Waals surface area contributed by atoms with E-state index in [4.69, 9.17) is 0 Å². The summed E-state index contributed by atoms with van der Waals surface area (Å²) >= 11 is 0. The molecule has 7 nitrogen and oxygen atoms in total. The number of aldehydes is 1. The van der Waals surface area contributed by atoms with Crippen LogP contribution in [0.1, 0.15) is 16.8 Å². The molecule has 7 heteroatoms. The van der Waals surface area contributed by atoms with Crippen molar-refractivity contribution in [3.05, 3.63) is 30.1 Å². The zero-order chi connectivity index (χ0) is 13.4. The SMILES string of the molecule is O=Cc1ccn2ncc(N3CCC(=O)NC3=O)c2c1. The average molecular weight is 258 g/mol. The summed E-state index contributed by atoms with van der Waals surface area (Å²) in [4.78, 5) is 35.2. The minimum atomic E-state index is -0.470. The van der Waals surface area contributed by atoms with E-state index in [9.17, 15) is 14.4 Å². The molecule has 0 spiro atoms. The summed E-state index contributed by atoms with van der Waals surface area (Å²) in [6, 6.07) is 2.82. The molecule has 3 heterocycles. The zero-order valence-electron chi connectivity index (χ0n) is 9.87. The third kappa shape index (κ3) is 1.85. The van der Waals surface area contributed by atoms with Gasteiger partial charge in [0.05, 0.1) is 17.4 Å². The summed E-state index contributed by atoms with van der Waals surface area (Å²) in [7, 11) is 0. The molecule has 2 aromatic rings. The molecule has 1 aliphatic rings. The number of nitrogens with zero attached hydrogens (tertiary/aromatic N) is 3. The number of carbonyl (C=O) groups excluding carboxylic acids is 3. The highest BCUT2D eigenvalue weighted by atomic mass is 16.2. The number of hydrogen-bond acceptors (Lipinski definition) is 4. The van der Waals surface area contributed by atoms with Crippen LogP contribution in [0.25, 0.3) is 5.52 Å². The second kappa shape index (κ2) is 4.20. The van der Waals surface area contributed by atoms with E-state index < -0.39 is 6.03 Å². The highest BCUT2D eigenvalue weighted by Crippen LogP contribution is 2.23. The lowest BCUT2D eigenvalue weighted by Crippen LogP contribution is -2.49. The van der Waals surface area contributed by atoms with Gasteiger partial charge in [-0.2, -0.15) is 5.10 Å². The number of fused-ring (bicyclic) bond motifs is 1. The first-order valence-electron chi connectivity index (χ1n) is 5.73. The van der Waals surface area contributed by atoms with Crippen LogP contribution in [0, 0.1) is 0 Å². The maximum atomic E-state index is 11.8. The second-order valence-corrected chi connectivity index (χ2v) is 4.19. The third-order valence-electron chi connectivity index (χ3n) is 3.01. The predicted octanol–water partition coefficient (Wildman–Crippen LogP) is 0.593. The van der Waals surface area contributed by atoms with E-state index in [1.54, 1.807) is 29.0 Å². The average Bonchev–Trinajstić information content (AvgIpc) is 2.81. The van der Waals surface area contributed by atoms with Crippen LogP contribution in [-0.2, 0) is 4.79 Å². The number of rotatable bonds is 2. The van der Waals surface area contributed by atoms with Gasteiger partial charge in [-0.1, -0.05) is 0 Å². The number of anilines is 1. The molecule has 0 bridgehead atoms. The summed E-state index contributed by atoms with van der Waals surface area (Å²) in [6.45, 7) is 0.303. The quantitative estimate of drug-likeness (QED) is 0.799. The summed E-state index contributed by atoms with van der Waals surface area (Å²) < 4.78 is 1.58. The Morgan fingerprint density at radius 3 is 2.95 bits per heavy atom. The Balaban J connectivity index is 2.07. The van der Waals surface area contributed by atoms with Crippen LogP contribution in [-0.4, -0.2) is 34.4 Å². The number of imide groups is 1. The van der Waals surface area contributed by atoms with Gasteiger partial charge in [0, 0.05) is 24.7 Å². The number of aromatic nitrogens is 2. The molecular formula is C12H10N4O3. The van der Waals surface area contributed by atoms with Crippen LogP contribution in [0.2, 0.25) is 0 Å². The third-order valence-corrected chi connectivity index (χ3v) is 3.01. The molecule has 0 aliphatic carbocycles. The van der Waals surface area contributed by atoms with Gasteiger partial charge in [0.1, 0.15) is 6.29 Å². The van der Waals surface area contributed by atoms with Crippen LogP contribution in [0.4, 0.5) is 10.5 Å². The van der Waals surface area contributed by atoms with Gasteiger partial charge in [-0.15, -0.1) is 0 Å². The van der Waals surface area contributed by atoms with Crippen molar-refractivity contribution < 1.29 is 14.4 Å². The summed E-state index contributed by atoms with van der Waals surface area (Å²) in [5.74, 6) is -0.286. The normalized spacial score (nSPS) is 15.7. The molecule has 0 unspecified atom stereocenters. The monoisotopic (exact) mass is 258 g/mol. The molecule has 0 saturated carbocycles. The minimum absolute atomic E-state index is 0.246. The molecule has 3 rings (SSSR count). The Labute approximate surface area is 107 Å². The van der Waals surface area contributed by atoms with Crippen LogP contribution in [0.15, 0.2) is 24.5 Å². The summed E-state index contributed by atoms with van der Waals surface area (Å²) in [5, 5.41) is 6.37. The van der Waals surface area contributed by atoms with Gasteiger partial charge in [-0.25, -0.2) is 9.31 Å². The van der Waals surface area contributed by atoms with Gasteiger partial charge in [0.15, 0.2) is 0 Å². The molecule has 1 fully saturated rings. The van der Waals surface area contributed by atoms with E-state index in [1.807, 2.05) is 0 Å². The number of amides is 3. The first-order valence-corrected chi connectivity index (χ1v) is 5.73. The van der Waals surface area contributed by atoms with Crippen molar-refractivity contribution in [1.82, 2.24) is 14.9 Å². The van der Waals surface area contributed by atoms with Gasteiger partial charge in [-0.3, -0.25) is 19.8 Å². The lowest BCUT2D eigenvalue weighted by Gasteiger charge is -2.25. The van der Waals surface area contributed by atoms with Crippen molar-refractivity contribution in [1.29, 1.82) is 0 Å². The molecule has 19 heavy (non-hydrogen) atoms. The lowest BCUT2D eigenvalue weighted by atomic mass is 10.2. The van der Waals surface area contributed by atoms with Crippen LogP contribution >= 0.6 is 0 Å². The van der Waals surface area contributed by atoms with Gasteiger partial charge < -0.3 is 0 Å². The maximum absolute atomic E-state index is 11.8. The summed E-state index contributed by atoms with van der Waals surface area (Å²) in [6.07, 6.45) is 4.17. The fourth-order valence-corrected chi connectivity index (χ4v) is 2.06. The molecule has 3 amide bonds. The molecule has 2 aromatic heterocycles. The van der Waals surface area contributed by atoms with E-state index in [0.29, 0.717) is 23.3 Å². The van der Waals surface area contributed by atoms with Crippen molar-refractivity contribution in [3.8, 4) is 0 Å². The van der Waals surface area contributed by atoms with E-state index in [1.165, 1.54) is 4.90 Å². The van der Waals surface area contributed by atoms with Crippen molar-refractivity contribution in [2.75, 3.05) is 11.4 Å². The molecule has 96 valence electrons. The van der Waals surface area contributed by atoms with Gasteiger partial charge in [0.25, 0.3) is 0 Å². The van der Waals surface area contributed by atoms with E-state index in [-0.39, 0.29) is 12.3 Å². The Hall–Kier alpha value is -2.70. The Morgan fingerprint density at radius 1 is 1.37 bits per heavy atom. The highest BCUT2D eigenvalue weighted by molar-refractivity contribution is 6.07. The predicted molar refractivity (Wildman–Crippen MR) is 66.1 cm³/mol. The van der Waals surface area contributed by atoms with Gasteiger partial charge >= 0.3 is 6.03 Å². The lowest BCUT2D eigenvalue weighted by molar-refractivity contribution is -0.120. The molecule has 0 aromatic carbocycles. The van der Waals surface area contributed by atoms with Crippen LogP contribution in [0.5, 0.6) is 0 Å². The van der Waals surface area contributed by atoms with Gasteiger partial charge in [0.2, 0.25) is 5.91 Å². The largest absolute Gasteiger partial charge is 0.328 e. The second-order valence-electron chi connectivity index (χ2n) is 4.19. The summed E-state index contributed by atoms with van der Waals surface area (Å²) in [5.41, 5.74) is 1.73. The molecule has 1 N–H and O–H groups in total. The molecular weight excluding hydrogens is 248 g/mol. The molecule has 0 radical (unpaired) electrons. The van der Waals surface area contributed by atoms with E-state index in [0.717, 1.165) is 6.29 Å². The number of urea groups is 1. The Kier molecular flexibility index (Phi) is 2.52. The fraction of sp³-hybridized carbons (Fsp3) is 0.167. The number of hydrogen-bond donors (Lipinski definition) is 1. The Bertz CT molecular complexity index is 691. The van der Waals surface area contributed by atoms with E-state index >= 15 is 0 Å². The van der Waals surface area contributed by atoms with Crippen LogP contribution in [0.3, 0.4) is 0 Å². The van der Waals surface area contributed by atoms with Crippen molar-refractivity contribution in [2.45, 2.75) is 6.42 Å². The maximum Gasteiger partial charge on any atom is 0.328 e. The van der Waals surface area contributed by atoms with Crippen molar-refractivity contribution >= 4 is 29.4 Å². The van der Waals surface area contributed by atoms with Crippen molar-refractivity contribution in [3.63, 3.8) is 0 Å². The number of pyridine rings is 1. The first kappa shape index (κ1) is 11.4. The van der Waals surface area contributed by atoms with Crippen molar-refractivity contribution in [2.24, 2.45) is 0 Å². The smallest absolute Gasteiger partial charge is 0.298 e. The fourth-order valence-electron chi connectivity index (χ4n) is 2.06. The first-order chi connectivity index (χ1) is 9.19. The highest BCUT2D eigenvalue weighted by Gasteiger charge is 2.26. The molecule has 1 saturated heterocycles. The molecule has 0 atom stereocenters. The minimum Gasteiger partial charge on any atom is -0.298 e. The van der Waals surface area contributed by atoms with E-state index in [2.05, 4.69) is 10.4 Å². The topological polar surface area (TPSA) is 83.8 Å². The van der Waals surface area contributed by atoms with Crippen LogP contribution < -0.4 is 10.2 Å². The number of nitrogens with one attached hydrogen (secondary N) is 1. The standard InChI is InChI=1S/C12H10N4O3/c17-7-8-1-4-16-9(5-8)10(6-13-16)15-3-2-11(18)14-12(15)19/h1,4-7H,2-3H2,(H,14,18,19). The number of carbonyl (C=O) groups is 3. The molecule has 1 aliphatic heterocycles. The van der Waals surface area contributed by atoms with Gasteiger partial charge in [-0.05, 0) is 12.1 Å². The Morgan fingerprint density at radius 2 is 2.21 bits per heavy atom.